The fraction of sp³-hybridized carbons (Fsp3) is 0.0833. The molecule has 47 heavy (non-hydrogen) atoms. The summed E-state index contributed by atoms with van der Waals surface area (Å²) in [5, 5.41) is 7.57. The van der Waals surface area contributed by atoms with Crippen LogP contribution in [-0.2, 0) is 9.59 Å². The fourth-order valence-corrected chi connectivity index (χ4v) is 5.61. The summed E-state index contributed by atoms with van der Waals surface area (Å²) in [5.74, 6) is -0.443. The predicted molar refractivity (Wildman–Crippen MR) is 186 cm³/mol. The highest BCUT2D eigenvalue weighted by atomic mass is 79.9. The van der Waals surface area contributed by atoms with E-state index in [4.69, 9.17) is 9.15 Å². The number of nitrogens with one attached hydrogen (secondary N) is 3. The van der Waals surface area contributed by atoms with Gasteiger partial charge < -0.3 is 25.1 Å². The number of anilines is 2. The van der Waals surface area contributed by atoms with Gasteiger partial charge in [-0.3, -0.25) is 14.4 Å². The lowest BCUT2D eigenvalue weighted by molar-refractivity contribution is -0.115. The molecule has 0 fully saturated rings. The monoisotopic (exact) mass is 713 g/mol. The lowest BCUT2D eigenvalue weighted by Gasteiger charge is -2.14. The predicted octanol–water partition coefficient (Wildman–Crippen LogP) is 8.39. The molecule has 0 aliphatic heterocycles. The number of furan rings is 1. The smallest absolute Gasteiger partial charge is 0.272 e. The molecule has 0 saturated heterocycles. The Kier molecular flexibility index (Phi) is 10.9. The summed E-state index contributed by atoms with van der Waals surface area (Å²) < 4.78 is 26.2. The summed E-state index contributed by atoms with van der Waals surface area (Å²) in [5.41, 5.74) is 1.63. The van der Waals surface area contributed by atoms with Gasteiger partial charge in [-0.15, -0.1) is 11.8 Å². The van der Waals surface area contributed by atoms with Crippen LogP contribution >= 0.6 is 27.7 Å². The average molecular weight is 715 g/mol. The summed E-state index contributed by atoms with van der Waals surface area (Å²) >= 11 is 4.48. The molecule has 0 aliphatic carbocycles. The van der Waals surface area contributed by atoms with E-state index >= 15 is 0 Å². The van der Waals surface area contributed by atoms with Crippen LogP contribution in [0.2, 0.25) is 0 Å². The lowest BCUT2D eigenvalue weighted by Crippen LogP contribution is -2.30. The normalized spacial score (nSPS) is 11.8. The van der Waals surface area contributed by atoms with Gasteiger partial charge in [0.05, 0.1) is 23.6 Å². The van der Waals surface area contributed by atoms with Crippen molar-refractivity contribution >= 4 is 62.9 Å². The second kappa shape index (κ2) is 15.4. The van der Waals surface area contributed by atoms with E-state index in [1.54, 1.807) is 86.8 Å². The van der Waals surface area contributed by atoms with Crippen molar-refractivity contribution in [3.05, 3.63) is 137 Å². The van der Waals surface area contributed by atoms with Crippen molar-refractivity contribution in [2.24, 2.45) is 0 Å². The van der Waals surface area contributed by atoms with Crippen LogP contribution in [-0.4, -0.2) is 30.1 Å². The van der Waals surface area contributed by atoms with Crippen LogP contribution in [0.5, 0.6) is 5.75 Å². The average Bonchev–Trinajstić information content (AvgIpc) is 3.55. The van der Waals surface area contributed by atoms with Gasteiger partial charge in [0.15, 0.2) is 0 Å². The number of hydrogen-bond donors (Lipinski definition) is 3. The maximum absolute atomic E-state index is 14.2. The molecule has 1 unspecified atom stereocenters. The molecule has 0 radical (unpaired) electrons. The third-order valence-corrected chi connectivity index (χ3v) is 8.40. The number of rotatable bonds is 11. The summed E-state index contributed by atoms with van der Waals surface area (Å²) in [6.07, 6.45) is 1.45. The van der Waals surface area contributed by atoms with Gasteiger partial charge >= 0.3 is 0 Å². The number of carbonyl (C=O) groups is 3. The molecule has 4 aromatic carbocycles. The first-order chi connectivity index (χ1) is 22.7. The van der Waals surface area contributed by atoms with Gasteiger partial charge in [0.1, 0.15) is 28.8 Å². The highest BCUT2D eigenvalue weighted by molar-refractivity contribution is 9.10. The van der Waals surface area contributed by atoms with E-state index in [1.807, 2.05) is 24.3 Å². The highest BCUT2D eigenvalue weighted by Crippen LogP contribution is 2.32. The minimum atomic E-state index is -0.575. The van der Waals surface area contributed by atoms with Crippen LogP contribution in [0.1, 0.15) is 23.0 Å². The van der Waals surface area contributed by atoms with Crippen LogP contribution in [0.4, 0.5) is 15.8 Å². The van der Waals surface area contributed by atoms with E-state index in [9.17, 15) is 18.8 Å². The fourth-order valence-electron chi connectivity index (χ4n) is 4.41. The molecule has 3 amide bonds. The van der Waals surface area contributed by atoms with E-state index in [-0.39, 0.29) is 17.3 Å². The number of amides is 3. The summed E-state index contributed by atoms with van der Waals surface area (Å²) in [6, 6.07) is 30.7. The molecule has 1 atom stereocenters. The molecule has 0 saturated carbocycles. The topological polar surface area (TPSA) is 110 Å². The summed E-state index contributed by atoms with van der Waals surface area (Å²) in [7, 11) is 1.57. The Labute approximate surface area is 283 Å². The standard InChI is InChI=1S/C36H29BrFN3O5S/c1-22(34(42)40-30-18-12-24(37)20-29(30)38)47-27-16-13-25(14-17-27)39-36(44)31(41-35(43)23-8-4-3-5-9-23)21-26-15-19-33(46-26)28-10-6-7-11-32(28)45-2/h3-22H,1-2H3,(H,39,44)(H,40,42)(H,41,43)/b31-21+. The third-order valence-electron chi connectivity index (χ3n) is 6.80. The largest absolute Gasteiger partial charge is 0.496 e. The van der Waals surface area contributed by atoms with Gasteiger partial charge in [0.2, 0.25) is 5.91 Å². The molecule has 0 spiro atoms. The van der Waals surface area contributed by atoms with Crippen LogP contribution in [0.15, 0.2) is 129 Å². The highest BCUT2D eigenvalue weighted by Gasteiger charge is 2.19. The first-order valence-corrected chi connectivity index (χ1v) is 16.0. The second-order valence-electron chi connectivity index (χ2n) is 10.1. The number of methoxy groups -OCH3 is 1. The third kappa shape index (κ3) is 8.78. The minimum absolute atomic E-state index is 0.0382. The van der Waals surface area contributed by atoms with Crippen molar-refractivity contribution in [2.75, 3.05) is 17.7 Å². The van der Waals surface area contributed by atoms with Gasteiger partial charge in [-0.25, -0.2) is 4.39 Å². The number of hydrogen-bond acceptors (Lipinski definition) is 6. The zero-order chi connectivity index (χ0) is 33.3. The maximum Gasteiger partial charge on any atom is 0.272 e. The van der Waals surface area contributed by atoms with Crippen molar-refractivity contribution in [2.45, 2.75) is 17.1 Å². The Morgan fingerprint density at radius 2 is 1.62 bits per heavy atom. The number of thioether (sulfide) groups is 1. The molecule has 0 bridgehead atoms. The van der Waals surface area contributed by atoms with E-state index in [0.29, 0.717) is 33.0 Å². The molecule has 0 aliphatic rings. The number of benzene rings is 4. The molecule has 11 heteroatoms. The van der Waals surface area contributed by atoms with Gasteiger partial charge in [-0.05, 0) is 85.8 Å². The van der Waals surface area contributed by atoms with Crippen molar-refractivity contribution < 1.29 is 27.9 Å². The van der Waals surface area contributed by atoms with Crippen LogP contribution in [0.25, 0.3) is 17.4 Å². The first-order valence-electron chi connectivity index (χ1n) is 14.4. The number of carbonyl (C=O) groups excluding carboxylic acids is 3. The molecule has 5 rings (SSSR count). The Balaban J connectivity index is 1.30. The van der Waals surface area contributed by atoms with E-state index in [1.165, 1.54) is 30.0 Å². The molecule has 238 valence electrons. The van der Waals surface area contributed by atoms with Gasteiger partial charge in [0, 0.05) is 26.7 Å². The zero-order valence-electron chi connectivity index (χ0n) is 25.3. The van der Waals surface area contributed by atoms with E-state index in [0.717, 1.165) is 10.5 Å². The molecule has 1 aromatic heterocycles. The van der Waals surface area contributed by atoms with Crippen LogP contribution in [0, 0.1) is 5.82 Å². The van der Waals surface area contributed by atoms with Gasteiger partial charge in [-0.2, -0.15) is 0 Å². The van der Waals surface area contributed by atoms with Gasteiger partial charge in [-0.1, -0.05) is 46.3 Å². The lowest BCUT2D eigenvalue weighted by atomic mass is 10.1. The molecular weight excluding hydrogens is 685 g/mol. The minimum Gasteiger partial charge on any atom is -0.496 e. The Hall–Kier alpha value is -5.13. The summed E-state index contributed by atoms with van der Waals surface area (Å²) in [6.45, 7) is 1.72. The van der Waals surface area contributed by atoms with Crippen molar-refractivity contribution in [1.29, 1.82) is 0 Å². The first kappa shape index (κ1) is 33.2. The van der Waals surface area contributed by atoms with Crippen molar-refractivity contribution in [3.8, 4) is 17.1 Å². The SMILES string of the molecule is COc1ccccc1-c1ccc(/C=C(/NC(=O)c2ccccc2)C(=O)Nc2ccc(SC(C)C(=O)Nc3ccc(Br)cc3F)cc2)o1. The van der Waals surface area contributed by atoms with Crippen LogP contribution < -0.4 is 20.7 Å². The molecular formula is C36H29BrFN3O5S. The van der Waals surface area contributed by atoms with Crippen molar-refractivity contribution in [3.63, 3.8) is 0 Å². The molecule has 5 aromatic rings. The van der Waals surface area contributed by atoms with Gasteiger partial charge in [0.25, 0.3) is 11.8 Å². The molecule has 3 N–H and O–H groups in total. The Morgan fingerprint density at radius 1 is 0.894 bits per heavy atom. The van der Waals surface area contributed by atoms with E-state index < -0.39 is 22.9 Å². The molecule has 1 heterocycles. The zero-order valence-corrected chi connectivity index (χ0v) is 27.7. The summed E-state index contributed by atoms with van der Waals surface area (Å²) in [4.78, 5) is 39.9. The Bertz CT molecular complexity index is 1930. The maximum atomic E-state index is 14.2. The molecule has 8 nitrogen and oxygen atoms in total. The van der Waals surface area contributed by atoms with Crippen LogP contribution in [0.3, 0.4) is 0 Å². The van der Waals surface area contributed by atoms with Crippen molar-refractivity contribution in [1.82, 2.24) is 5.32 Å². The quantitative estimate of drug-likeness (QED) is 0.0937. The Morgan fingerprint density at radius 3 is 2.34 bits per heavy atom. The second-order valence-corrected chi connectivity index (χ2v) is 12.5. The number of ether oxygens (including phenoxy) is 1. The van der Waals surface area contributed by atoms with E-state index in [2.05, 4.69) is 31.9 Å². The number of para-hydroxylation sites is 1. The number of halogens is 2.